The quantitative estimate of drug-likeness (QED) is 0.172. The highest BCUT2D eigenvalue weighted by atomic mass is 32.1. The molecular weight excluding hydrogens is 392 g/mol. The first-order valence-electron chi connectivity index (χ1n) is 8.28. The van der Waals surface area contributed by atoms with Crippen LogP contribution in [0.3, 0.4) is 0 Å². The van der Waals surface area contributed by atoms with E-state index in [1.807, 2.05) is 0 Å². The number of nitrogens with one attached hydrogen (secondary N) is 4. The summed E-state index contributed by atoms with van der Waals surface area (Å²) in [5.74, 6) is -3.69. The number of aliphatic hydroxyl groups is 1. The fraction of sp³-hybridized carbons (Fsp3) is 0.533. The minimum Gasteiger partial charge on any atom is -0.480 e. The van der Waals surface area contributed by atoms with Crippen molar-refractivity contribution in [3.05, 3.63) is 18.2 Å². The molecule has 156 valence electrons. The summed E-state index contributed by atoms with van der Waals surface area (Å²) in [7, 11) is 0. The molecule has 0 saturated carbocycles. The third kappa shape index (κ3) is 7.17. The molecule has 4 unspecified atom stereocenters. The van der Waals surface area contributed by atoms with Gasteiger partial charge in [0.05, 0.1) is 19.0 Å². The van der Waals surface area contributed by atoms with E-state index in [2.05, 4.69) is 38.5 Å². The number of amides is 3. The van der Waals surface area contributed by atoms with E-state index in [0.717, 1.165) is 0 Å². The second-order valence-electron chi connectivity index (χ2n) is 5.96. The summed E-state index contributed by atoms with van der Waals surface area (Å²) in [6, 6.07) is -4.64. The number of carbonyl (C=O) groups excluding carboxylic acids is 3. The molecule has 1 aromatic rings. The van der Waals surface area contributed by atoms with Gasteiger partial charge in [0.1, 0.15) is 18.1 Å². The van der Waals surface area contributed by atoms with Gasteiger partial charge in [-0.05, 0) is 6.92 Å². The average Bonchev–Trinajstić information content (AvgIpc) is 3.15. The van der Waals surface area contributed by atoms with Crippen LogP contribution in [0.15, 0.2) is 12.5 Å². The van der Waals surface area contributed by atoms with Crippen molar-refractivity contribution in [1.82, 2.24) is 25.9 Å². The monoisotopic (exact) mass is 416 g/mol. The maximum atomic E-state index is 12.6. The number of nitrogens with two attached hydrogens (primary N) is 1. The number of aliphatic hydroxyl groups excluding tert-OH is 1. The van der Waals surface area contributed by atoms with Gasteiger partial charge in [-0.15, -0.1) is 0 Å². The number of rotatable bonds is 11. The van der Waals surface area contributed by atoms with Crippen LogP contribution in [0.4, 0.5) is 0 Å². The molecule has 3 amide bonds. The summed E-state index contributed by atoms with van der Waals surface area (Å²) >= 11 is 3.98. The third-order valence-corrected chi connectivity index (χ3v) is 4.00. The highest BCUT2D eigenvalue weighted by molar-refractivity contribution is 7.80. The summed E-state index contributed by atoms with van der Waals surface area (Å²) in [6.07, 6.45) is 2.93. The summed E-state index contributed by atoms with van der Waals surface area (Å²) in [4.78, 5) is 54.2. The molecule has 13 heteroatoms. The van der Waals surface area contributed by atoms with E-state index in [9.17, 15) is 19.2 Å². The van der Waals surface area contributed by atoms with Crippen LogP contribution < -0.4 is 21.7 Å². The van der Waals surface area contributed by atoms with Crippen LogP contribution in [-0.2, 0) is 25.6 Å². The topological polar surface area (TPSA) is 200 Å². The minimum absolute atomic E-state index is 0.0552. The van der Waals surface area contributed by atoms with Crippen LogP contribution >= 0.6 is 12.6 Å². The average molecular weight is 416 g/mol. The summed E-state index contributed by atoms with van der Waals surface area (Å²) in [6.45, 7) is 0.632. The SMILES string of the molecule is CC(N)C(=O)NC(Cc1cnc[nH]1)C(=O)NC(CS)C(=O)NC(CO)C(=O)O. The number of H-pyrrole nitrogens is 1. The minimum atomic E-state index is -1.52. The van der Waals surface area contributed by atoms with E-state index < -0.39 is 54.5 Å². The molecular formula is C15H24N6O6S. The number of nitrogens with zero attached hydrogens (tertiary/aromatic N) is 1. The number of aromatic nitrogens is 2. The highest BCUT2D eigenvalue weighted by Gasteiger charge is 2.29. The normalized spacial score (nSPS) is 15.0. The van der Waals surface area contributed by atoms with Crippen LogP contribution in [0.25, 0.3) is 0 Å². The number of imidazole rings is 1. The van der Waals surface area contributed by atoms with Crippen LogP contribution in [0.5, 0.6) is 0 Å². The molecule has 0 aliphatic carbocycles. The zero-order valence-electron chi connectivity index (χ0n) is 15.1. The third-order valence-electron chi connectivity index (χ3n) is 3.64. The number of hydrogen-bond donors (Lipinski definition) is 8. The Bertz CT molecular complexity index is 683. The van der Waals surface area contributed by atoms with E-state index >= 15 is 0 Å². The highest BCUT2D eigenvalue weighted by Crippen LogP contribution is 2.01. The Morgan fingerprint density at radius 1 is 1.14 bits per heavy atom. The van der Waals surface area contributed by atoms with Crippen LogP contribution in [0.1, 0.15) is 12.6 Å². The van der Waals surface area contributed by atoms with Crippen molar-refractivity contribution in [2.24, 2.45) is 5.73 Å². The van der Waals surface area contributed by atoms with Gasteiger partial charge >= 0.3 is 5.97 Å². The predicted molar refractivity (Wildman–Crippen MR) is 100 cm³/mol. The molecule has 0 aliphatic heterocycles. The maximum Gasteiger partial charge on any atom is 0.328 e. The summed E-state index contributed by atoms with van der Waals surface area (Å²) in [5.41, 5.74) is 6.07. The fourth-order valence-electron chi connectivity index (χ4n) is 2.05. The number of aliphatic carboxylic acids is 1. The molecule has 12 nitrogen and oxygen atoms in total. The number of hydrogen-bond acceptors (Lipinski definition) is 8. The zero-order chi connectivity index (χ0) is 21.3. The van der Waals surface area contributed by atoms with Gasteiger partial charge in [-0.1, -0.05) is 0 Å². The van der Waals surface area contributed by atoms with Crippen molar-refractivity contribution in [2.45, 2.75) is 37.5 Å². The molecule has 1 heterocycles. The smallest absolute Gasteiger partial charge is 0.328 e. The Labute approximate surface area is 166 Å². The van der Waals surface area contributed by atoms with Crippen molar-refractivity contribution in [1.29, 1.82) is 0 Å². The Kier molecular flexibility index (Phi) is 9.41. The van der Waals surface area contributed by atoms with Gasteiger partial charge in [0.2, 0.25) is 17.7 Å². The van der Waals surface area contributed by atoms with E-state index in [0.29, 0.717) is 5.69 Å². The number of carbonyl (C=O) groups is 4. The lowest BCUT2D eigenvalue weighted by atomic mass is 10.1. The van der Waals surface area contributed by atoms with Gasteiger partial charge in [-0.2, -0.15) is 12.6 Å². The molecule has 8 N–H and O–H groups in total. The summed E-state index contributed by atoms with van der Waals surface area (Å²) < 4.78 is 0. The largest absolute Gasteiger partial charge is 0.480 e. The van der Waals surface area contributed by atoms with E-state index in [4.69, 9.17) is 15.9 Å². The van der Waals surface area contributed by atoms with Gasteiger partial charge < -0.3 is 36.9 Å². The molecule has 0 aromatic carbocycles. The molecule has 0 fully saturated rings. The zero-order valence-corrected chi connectivity index (χ0v) is 16.0. The Hall–Kier alpha value is -2.64. The first kappa shape index (κ1) is 23.4. The molecule has 0 bridgehead atoms. The lowest BCUT2D eigenvalue weighted by molar-refractivity contribution is -0.143. The number of carboxylic acid groups (broad SMARTS) is 1. The van der Waals surface area contributed by atoms with Crippen molar-refractivity contribution >= 4 is 36.3 Å². The Morgan fingerprint density at radius 2 is 1.71 bits per heavy atom. The number of aromatic amines is 1. The van der Waals surface area contributed by atoms with Gasteiger partial charge in [-0.25, -0.2) is 9.78 Å². The maximum absolute atomic E-state index is 12.6. The molecule has 0 aliphatic rings. The lowest BCUT2D eigenvalue weighted by Crippen LogP contribution is -2.58. The standard InChI is InChI=1S/C15H24N6O6S/c1-7(16)12(23)19-9(2-8-3-17-6-18-8)13(24)21-11(5-28)14(25)20-10(4-22)15(26)27/h3,6-7,9-11,22,28H,2,4-5,16H2,1H3,(H,17,18)(H,19,23)(H,20,25)(H,21,24)(H,26,27). The van der Waals surface area contributed by atoms with Crippen LogP contribution in [0.2, 0.25) is 0 Å². The van der Waals surface area contributed by atoms with Gasteiger partial charge in [-0.3, -0.25) is 14.4 Å². The Morgan fingerprint density at radius 3 is 2.18 bits per heavy atom. The second-order valence-corrected chi connectivity index (χ2v) is 6.32. The first-order chi connectivity index (χ1) is 13.2. The predicted octanol–water partition coefficient (Wildman–Crippen LogP) is -3.24. The molecule has 28 heavy (non-hydrogen) atoms. The van der Waals surface area contributed by atoms with Gasteiger partial charge in [0.15, 0.2) is 0 Å². The molecule has 0 saturated heterocycles. The first-order valence-corrected chi connectivity index (χ1v) is 8.91. The molecule has 1 rings (SSSR count). The van der Waals surface area contributed by atoms with Crippen molar-refractivity contribution in [3.63, 3.8) is 0 Å². The molecule has 0 spiro atoms. The number of thiol groups is 1. The Balaban J connectivity index is 2.85. The van der Waals surface area contributed by atoms with Crippen molar-refractivity contribution < 1.29 is 29.4 Å². The fourth-order valence-corrected chi connectivity index (χ4v) is 2.31. The van der Waals surface area contributed by atoms with E-state index in [1.54, 1.807) is 0 Å². The van der Waals surface area contributed by atoms with E-state index in [-0.39, 0.29) is 12.2 Å². The van der Waals surface area contributed by atoms with E-state index in [1.165, 1.54) is 19.4 Å². The van der Waals surface area contributed by atoms with Gasteiger partial charge in [0, 0.05) is 24.1 Å². The number of carboxylic acids is 1. The van der Waals surface area contributed by atoms with Crippen LogP contribution in [-0.4, -0.2) is 80.4 Å². The lowest BCUT2D eigenvalue weighted by Gasteiger charge is -2.23. The van der Waals surface area contributed by atoms with Gasteiger partial charge in [0.25, 0.3) is 0 Å². The molecule has 1 aromatic heterocycles. The van der Waals surface area contributed by atoms with Crippen LogP contribution in [0, 0.1) is 0 Å². The second kappa shape index (κ2) is 11.3. The molecule has 0 radical (unpaired) electrons. The summed E-state index contributed by atoms with van der Waals surface area (Å²) in [5, 5.41) is 24.9. The van der Waals surface area contributed by atoms with Crippen molar-refractivity contribution in [3.8, 4) is 0 Å². The van der Waals surface area contributed by atoms with Crippen molar-refractivity contribution in [2.75, 3.05) is 12.4 Å². The molecule has 4 atom stereocenters.